The molecule has 90 valence electrons. The van der Waals surface area contributed by atoms with Gasteiger partial charge >= 0.3 is 0 Å². The number of benzene rings is 1. The molecule has 2 N–H and O–H groups in total. The minimum Gasteiger partial charge on any atom is -0.371 e. The van der Waals surface area contributed by atoms with E-state index in [1.807, 2.05) is 11.8 Å². The molecule has 0 aliphatic heterocycles. The highest BCUT2D eigenvalue weighted by Gasteiger charge is 2.10. The molecule has 0 saturated heterocycles. The van der Waals surface area contributed by atoms with Crippen molar-refractivity contribution in [1.82, 2.24) is 0 Å². The van der Waals surface area contributed by atoms with Crippen molar-refractivity contribution in [2.24, 2.45) is 5.73 Å². The number of hydrogen-bond donors (Lipinski definition) is 1. The number of nitrogens with two attached hydrogens (primary N) is 1. The maximum Gasteiger partial charge on any atom is 0.0377 e. The first-order valence-electron chi connectivity index (χ1n) is 5.30. The molecule has 0 radical (unpaired) electrons. The predicted molar refractivity (Wildman–Crippen MR) is 78.3 cm³/mol. The van der Waals surface area contributed by atoms with Gasteiger partial charge in [0, 0.05) is 35.5 Å². The molecule has 0 spiro atoms. The quantitative estimate of drug-likeness (QED) is 0.906. The third-order valence-electron chi connectivity index (χ3n) is 2.73. The number of hydrogen-bond acceptors (Lipinski definition) is 3. The first kappa shape index (κ1) is 13.9. The number of halogens is 1. The molecule has 0 aliphatic carbocycles. The highest BCUT2D eigenvalue weighted by atomic mass is 79.9. The molecule has 1 atom stereocenters. The van der Waals surface area contributed by atoms with Gasteiger partial charge < -0.3 is 10.6 Å². The van der Waals surface area contributed by atoms with E-state index in [-0.39, 0.29) is 0 Å². The van der Waals surface area contributed by atoms with Gasteiger partial charge in [-0.25, -0.2) is 0 Å². The summed E-state index contributed by atoms with van der Waals surface area (Å²) >= 11 is 5.42. The summed E-state index contributed by atoms with van der Waals surface area (Å²) in [5.41, 5.74) is 8.01. The van der Waals surface area contributed by atoms with Crippen LogP contribution >= 0.6 is 27.7 Å². The summed E-state index contributed by atoms with van der Waals surface area (Å²) in [6.07, 6.45) is 2.14. The van der Waals surface area contributed by atoms with E-state index in [0.29, 0.717) is 12.6 Å². The van der Waals surface area contributed by atoms with Crippen molar-refractivity contribution >= 4 is 33.4 Å². The van der Waals surface area contributed by atoms with Gasteiger partial charge in [-0.15, -0.1) is 0 Å². The normalized spacial score (nSPS) is 12.6. The molecule has 0 saturated carbocycles. The van der Waals surface area contributed by atoms with E-state index in [9.17, 15) is 0 Å². The first-order chi connectivity index (χ1) is 7.60. The Balaban J connectivity index is 2.84. The van der Waals surface area contributed by atoms with Crippen LogP contribution in [0.15, 0.2) is 22.7 Å². The van der Waals surface area contributed by atoms with Crippen LogP contribution in [0.5, 0.6) is 0 Å². The zero-order chi connectivity index (χ0) is 12.1. The number of rotatable bonds is 5. The standard InChI is InChI=1S/C12H19BrN2S/c1-9(8-16-3)15(2)11-5-4-10(7-14)12(13)6-11/h4-6,9H,7-8,14H2,1-3H3. The summed E-state index contributed by atoms with van der Waals surface area (Å²) < 4.78 is 1.09. The summed E-state index contributed by atoms with van der Waals surface area (Å²) in [6.45, 7) is 2.81. The van der Waals surface area contributed by atoms with Crippen LogP contribution in [0.4, 0.5) is 5.69 Å². The van der Waals surface area contributed by atoms with E-state index < -0.39 is 0 Å². The van der Waals surface area contributed by atoms with Crippen LogP contribution in [0, 0.1) is 0 Å². The Hall–Kier alpha value is -0.190. The molecular formula is C12H19BrN2S. The summed E-state index contributed by atoms with van der Waals surface area (Å²) in [4.78, 5) is 2.29. The van der Waals surface area contributed by atoms with E-state index in [0.717, 1.165) is 15.8 Å². The van der Waals surface area contributed by atoms with Crippen molar-refractivity contribution in [2.75, 3.05) is 24.0 Å². The lowest BCUT2D eigenvalue weighted by Crippen LogP contribution is -2.30. The molecular weight excluding hydrogens is 284 g/mol. The average molecular weight is 303 g/mol. The summed E-state index contributed by atoms with van der Waals surface area (Å²) in [5, 5.41) is 0. The maximum atomic E-state index is 5.64. The van der Waals surface area contributed by atoms with Gasteiger partial charge in [0.2, 0.25) is 0 Å². The Bertz CT molecular complexity index is 344. The lowest BCUT2D eigenvalue weighted by Gasteiger charge is -2.27. The second-order valence-electron chi connectivity index (χ2n) is 3.90. The van der Waals surface area contributed by atoms with Gasteiger partial charge in [-0.3, -0.25) is 0 Å². The van der Waals surface area contributed by atoms with E-state index in [1.54, 1.807) is 0 Å². The van der Waals surface area contributed by atoms with Crippen molar-refractivity contribution in [3.8, 4) is 0 Å². The van der Waals surface area contributed by atoms with Crippen LogP contribution in [0.2, 0.25) is 0 Å². The number of nitrogens with zero attached hydrogens (tertiary/aromatic N) is 1. The van der Waals surface area contributed by atoms with Gasteiger partial charge in [0.05, 0.1) is 0 Å². The van der Waals surface area contributed by atoms with Crippen LogP contribution in [-0.2, 0) is 6.54 Å². The maximum absolute atomic E-state index is 5.64. The van der Waals surface area contributed by atoms with Gasteiger partial charge in [0.15, 0.2) is 0 Å². The molecule has 1 unspecified atom stereocenters. The van der Waals surface area contributed by atoms with Crippen molar-refractivity contribution in [1.29, 1.82) is 0 Å². The zero-order valence-electron chi connectivity index (χ0n) is 10.0. The Morgan fingerprint density at radius 2 is 2.19 bits per heavy atom. The fraction of sp³-hybridized carbons (Fsp3) is 0.500. The molecule has 2 nitrogen and oxygen atoms in total. The fourth-order valence-electron chi connectivity index (χ4n) is 1.53. The minimum atomic E-state index is 0.533. The van der Waals surface area contributed by atoms with Gasteiger partial charge in [0.25, 0.3) is 0 Å². The molecule has 0 fully saturated rings. The van der Waals surface area contributed by atoms with Gasteiger partial charge in [-0.2, -0.15) is 11.8 Å². The van der Waals surface area contributed by atoms with Gasteiger partial charge in [-0.1, -0.05) is 22.0 Å². The average Bonchev–Trinajstić information content (AvgIpc) is 2.28. The van der Waals surface area contributed by atoms with Crippen LogP contribution in [0.3, 0.4) is 0 Å². The van der Waals surface area contributed by atoms with E-state index in [2.05, 4.69) is 59.3 Å². The first-order valence-corrected chi connectivity index (χ1v) is 7.49. The zero-order valence-corrected chi connectivity index (χ0v) is 12.4. The van der Waals surface area contributed by atoms with Crippen LogP contribution in [0.1, 0.15) is 12.5 Å². The Labute approximate surface area is 111 Å². The molecule has 1 aromatic rings. The van der Waals surface area contributed by atoms with E-state index >= 15 is 0 Å². The fourth-order valence-corrected chi connectivity index (χ4v) is 2.76. The molecule has 0 heterocycles. The predicted octanol–water partition coefficient (Wildman–Crippen LogP) is 3.10. The summed E-state index contributed by atoms with van der Waals surface area (Å²) in [5.74, 6) is 1.13. The Morgan fingerprint density at radius 3 is 2.69 bits per heavy atom. The van der Waals surface area contributed by atoms with Crippen molar-refractivity contribution < 1.29 is 0 Å². The Morgan fingerprint density at radius 1 is 1.50 bits per heavy atom. The monoisotopic (exact) mass is 302 g/mol. The molecule has 16 heavy (non-hydrogen) atoms. The second-order valence-corrected chi connectivity index (χ2v) is 5.66. The lowest BCUT2D eigenvalue weighted by molar-refractivity contribution is 0.765. The summed E-state index contributed by atoms with van der Waals surface area (Å²) in [7, 11) is 2.13. The second kappa shape index (κ2) is 6.52. The highest BCUT2D eigenvalue weighted by molar-refractivity contribution is 9.10. The molecule has 0 aromatic heterocycles. The van der Waals surface area contributed by atoms with Crippen molar-refractivity contribution in [2.45, 2.75) is 19.5 Å². The molecule has 1 rings (SSSR count). The van der Waals surface area contributed by atoms with Gasteiger partial charge in [0.1, 0.15) is 0 Å². The topological polar surface area (TPSA) is 29.3 Å². The van der Waals surface area contributed by atoms with Crippen molar-refractivity contribution in [3.05, 3.63) is 28.2 Å². The highest BCUT2D eigenvalue weighted by Crippen LogP contribution is 2.24. The van der Waals surface area contributed by atoms with Crippen LogP contribution < -0.4 is 10.6 Å². The number of thioether (sulfide) groups is 1. The van der Waals surface area contributed by atoms with E-state index in [1.165, 1.54) is 5.69 Å². The lowest BCUT2D eigenvalue weighted by atomic mass is 10.2. The van der Waals surface area contributed by atoms with Crippen molar-refractivity contribution in [3.63, 3.8) is 0 Å². The molecule has 1 aromatic carbocycles. The van der Waals surface area contributed by atoms with Crippen LogP contribution in [-0.4, -0.2) is 25.1 Å². The minimum absolute atomic E-state index is 0.533. The molecule has 0 aliphatic rings. The van der Waals surface area contributed by atoms with Crippen LogP contribution in [0.25, 0.3) is 0 Å². The SMILES string of the molecule is CSCC(C)N(C)c1ccc(CN)c(Br)c1. The molecule has 0 bridgehead atoms. The summed E-state index contributed by atoms with van der Waals surface area (Å²) in [6, 6.07) is 6.88. The molecule has 0 amide bonds. The number of anilines is 1. The molecule has 4 heteroatoms. The Kier molecular flexibility index (Phi) is 5.66. The van der Waals surface area contributed by atoms with Gasteiger partial charge in [-0.05, 0) is 30.9 Å². The smallest absolute Gasteiger partial charge is 0.0377 e. The largest absolute Gasteiger partial charge is 0.371 e. The third kappa shape index (κ3) is 3.40. The van der Waals surface area contributed by atoms with E-state index in [4.69, 9.17) is 5.73 Å². The third-order valence-corrected chi connectivity index (χ3v) is 4.29.